The van der Waals surface area contributed by atoms with Gasteiger partial charge in [0.05, 0.1) is 6.61 Å². The summed E-state index contributed by atoms with van der Waals surface area (Å²) in [5.41, 5.74) is -0.0776. The summed E-state index contributed by atoms with van der Waals surface area (Å²) >= 11 is 0. The highest BCUT2D eigenvalue weighted by Crippen LogP contribution is 2.21. The second-order valence-corrected chi connectivity index (χ2v) is 6.16. The van der Waals surface area contributed by atoms with Gasteiger partial charge in [-0.15, -0.1) is 0 Å². The lowest BCUT2D eigenvalue weighted by atomic mass is 10.1. The average molecular weight is 325 g/mol. The molecule has 3 amide bonds. The van der Waals surface area contributed by atoms with Crippen molar-refractivity contribution in [3.8, 4) is 5.75 Å². The Morgan fingerprint density at radius 2 is 1.96 bits per heavy atom. The number of benzene rings is 1. The maximum atomic E-state index is 13.7. The molecule has 0 aliphatic rings. The van der Waals surface area contributed by atoms with Gasteiger partial charge in [-0.05, 0) is 39.8 Å². The molecule has 0 aliphatic heterocycles. The van der Waals surface area contributed by atoms with Crippen molar-refractivity contribution >= 4 is 17.6 Å². The van der Waals surface area contributed by atoms with Crippen LogP contribution in [0.4, 0.5) is 14.9 Å². The number of amides is 3. The van der Waals surface area contributed by atoms with Gasteiger partial charge in [0.15, 0.2) is 11.6 Å². The molecular formula is C16H24FN3O3. The van der Waals surface area contributed by atoms with Crippen molar-refractivity contribution < 1.29 is 18.7 Å². The number of nitrogens with one attached hydrogen (secondary N) is 2. The Hall–Kier alpha value is -2.31. The van der Waals surface area contributed by atoms with E-state index in [-0.39, 0.29) is 23.7 Å². The number of ether oxygens (including phenoxy) is 1. The minimum atomic E-state index is -0.558. The van der Waals surface area contributed by atoms with Crippen LogP contribution in [0.2, 0.25) is 0 Å². The molecule has 23 heavy (non-hydrogen) atoms. The van der Waals surface area contributed by atoms with Crippen molar-refractivity contribution in [3.05, 3.63) is 24.0 Å². The monoisotopic (exact) mass is 325 g/mol. The molecule has 7 heteroatoms. The van der Waals surface area contributed by atoms with Crippen LogP contribution in [0.25, 0.3) is 0 Å². The van der Waals surface area contributed by atoms with E-state index in [4.69, 9.17) is 4.74 Å². The lowest BCUT2D eigenvalue weighted by Crippen LogP contribution is -2.47. The number of hydrogen-bond donors (Lipinski definition) is 2. The van der Waals surface area contributed by atoms with Crippen LogP contribution < -0.4 is 15.4 Å². The van der Waals surface area contributed by atoms with E-state index in [1.54, 1.807) is 6.92 Å². The molecule has 0 heterocycles. The number of hydrogen-bond acceptors (Lipinski definition) is 3. The normalized spacial score (nSPS) is 10.9. The van der Waals surface area contributed by atoms with Gasteiger partial charge in [-0.2, -0.15) is 0 Å². The van der Waals surface area contributed by atoms with E-state index in [1.807, 2.05) is 20.8 Å². The quantitative estimate of drug-likeness (QED) is 0.874. The molecule has 0 bridgehead atoms. The zero-order chi connectivity index (χ0) is 17.6. The first-order valence-corrected chi connectivity index (χ1v) is 7.38. The summed E-state index contributed by atoms with van der Waals surface area (Å²) in [5.74, 6) is -0.700. The summed E-state index contributed by atoms with van der Waals surface area (Å²) in [6.45, 7) is 7.58. The van der Waals surface area contributed by atoms with Crippen LogP contribution in [0.15, 0.2) is 18.2 Å². The highest BCUT2D eigenvalue weighted by atomic mass is 19.1. The van der Waals surface area contributed by atoms with E-state index in [0.29, 0.717) is 12.3 Å². The van der Waals surface area contributed by atoms with Gasteiger partial charge in [-0.25, -0.2) is 9.18 Å². The molecular weight excluding hydrogens is 301 g/mol. The number of urea groups is 1. The fourth-order valence-electron chi connectivity index (χ4n) is 1.82. The molecule has 0 saturated heterocycles. The maximum absolute atomic E-state index is 13.7. The fraction of sp³-hybridized carbons (Fsp3) is 0.500. The molecule has 0 spiro atoms. The third-order valence-corrected chi connectivity index (χ3v) is 2.72. The van der Waals surface area contributed by atoms with E-state index < -0.39 is 11.8 Å². The molecule has 2 N–H and O–H groups in total. The van der Waals surface area contributed by atoms with Gasteiger partial charge in [-0.1, -0.05) is 0 Å². The van der Waals surface area contributed by atoms with Crippen molar-refractivity contribution in [2.24, 2.45) is 0 Å². The summed E-state index contributed by atoms with van der Waals surface area (Å²) in [4.78, 5) is 25.0. The lowest BCUT2D eigenvalue weighted by Gasteiger charge is -2.23. The van der Waals surface area contributed by atoms with E-state index in [9.17, 15) is 14.0 Å². The first-order valence-electron chi connectivity index (χ1n) is 7.38. The first kappa shape index (κ1) is 18.7. The first-order chi connectivity index (χ1) is 10.6. The molecule has 0 aromatic heterocycles. The molecule has 128 valence electrons. The Kier molecular flexibility index (Phi) is 6.36. The van der Waals surface area contributed by atoms with Gasteiger partial charge in [0.2, 0.25) is 5.91 Å². The molecule has 6 nitrogen and oxygen atoms in total. The van der Waals surface area contributed by atoms with Crippen molar-refractivity contribution in [1.29, 1.82) is 0 Å². The number of carbonyl (C=O) groups is 2. The van der Waals surface area contributed by atoms with Crippen molar-refractivity contribution in [1.82, 2.24) is 10.2 Å². The Bertz CT molecular complexity index is 570. The highest BCUT2D eigenvalue weighted by molar-refractivity contribution is 5.92. The minimum Gasteiger partial charge on any atom is -0.491 e. The third-order valence-electron chi connectivity index (χ3n) is 2.72. The average Bonchev–Trinajstić information content (AvgIpc) is 2.39. The second kappa shape index (κ2) is 7.80. The molecule has 0 atom stereocenters. The van der Waals surface area contributed by atoms with Gasteiger partial charge in [-0.3, -0.25) is 4.79 Å². The Morgan fingerprint density at radius 1 is 1.30 bits per heavy atom. The SMILES string of the molecule is CCOc1ccc(NC(=O)N(C)CC(=O)NC(C)(C)C)cc1F. The lowest BCUT2D eigenvalue weighted by molar-refractivity contribution is -0.122. The van der Waals surface area contributed by atoms with Crippen LogP contribution in [0.5, 0.6) is 5.75 Å². The van der Waals surface area contributed by atoms with Crippen LogP contribution in [0.1, 0.15) is 27.7 Å². The number of carbonyl (C=O) groups excluding carboxylic acids is 2. The van der Waals surface area contributed by atoms with E-state index >= 15 is 0 Å². The van der Waals surface area contributed by atoms with Crippen LogP contribution in [-0.4, -0.2) is 42.6 Å². The molecule has 0 aliphatic carbocycles. The number of rotatable bonds is 5. The fourth-order valence-corrected chi connectivity index (χ4v) is 1.82. The number of anilines is 1. The van der Waals surface area contributed by atoms with Crippen LogP contribution in [0, 0.1) is 5.82 Å². The Labute approximate surface area is 136 Å². The largest absolute Gasteiger partial charge is 0.491 e. The summed E-state index contributed by atoms with van der Waals surface area (Å²) < 4.78 is 18.8. The molecule has 0 fully saturated rings. The van der Waals surface area contributed by atoms with Crippen molar-refractivity contribution in [2.75, 3.05) is 25.5 Å². The maximum Gasteiger partial charge on any atom is 0.322 e. The standard InChI is InChI=1S/C16H24FN3O3/c1-6-23-13-8-7-11(9-12(13)17)18-15(22)20(5)10-14(21)19-16(2,3)4/h7-9H,6,10H2,1-5H3,(H,18,22)(H,19,21). The van der Waals surface area contributed by atoms with Gasteiger partial charge in [0.25, 0.3) is 0 Å². The predicted octanol–water partition coefficient (Wildman–Crippen LogP) is 2.60. The third kappa shape index (κ3) is 6.54. The van der Waals surface area contributed by atoms with Gasteiger partial charge < -0.3 is 20.3 Å². The predicted molar refractivity (Wildman–Crippen MR) is 87.1 cm³/mol. The summed E-state index contributed by atoms with van der Waals surface area (Å²) in [6.07, 6.45) is 0. The van der Waals surface area contributed by atoms with Crippen molar-refractivity contribution in [3.63, 3.8) is 0 Å². The number of nitrogens with zero attached hydrogens (tertiary/aromatic N) is 1. The molecule has 0 saturated carbocycles. The number of likely N-dealkylation sites (N-methyl/N-ethyl adjacent to an activating group) is 1. The Morgan fingerprint density at radius 3 is 2.48 bits per heavy atom. The van der Waals surface area contributed by atoms with Gasteiger partial charge in [0.1, 0.15) is 6.54 Å². The second-order valence-electron chi connectivity index (χ2n) is 6.16. The zero-order valence-corrected chi connectivity index (χ0v) is 14.2. The van der Waals surface area contributed by atoms with Gasteiger partial charge >= 0.3 is 6.03 Å². The molecule has 0 unspecified atom stereocenters. The summed E-state index contributed by atoms with van der Waals surface area (Å²) in [7, 11) is 1.49. The molecule has 1 aromatic carbocycles. The topological polar surface area (TPSA) is 70.7 Å². The zero-order valence-electron chi connectivity index (χ0n) is 14.2. The molecule has 0 radical (unpaired) electrons. The van der Waals surface area contributed by atoms with Crippen molar-refractivity contribution in [2.45, 2.75) is 33.2 Å². The smallest absolute Gasteiger partial charge is 0.322 e. The van der Waals surface area contributed by atoms with E-state index in [1.165, 1.54) is 30.1 Å². The summed E-state index contributed by atoms with van der Waals surface area (Å²) in [6, 6.07) is 3.65. The van der Waals surface area contributed by atoms with E-state index in [0.717, 1.165) is 0 Å². The summed E-state index contributed by atoms with van der Waals surface area (Å²) in [5, 5.41) is 5.29. The van der Waals surface area contributed by atoms with Gasteiger partial charge in [0, 0.05) is 24.3 Å². The van der Waals surface area contributed by atoms with Crippen LogP contribution in [0.3, 0.4) is 0 Å². The van der Waals surface area contributed by atoms with Crippen LogP contribution >= 0.6 is 0 Å². The van der Waals surface area contributed by atoms with E-state index in [2.05, 4.69) is 10.6 Å². The Balaban J connectivity index is 2.61. The molecule has 1 rings (SSSR count). The van der Waals surface area contributed by atoms with Crippen LogP contribution in [-0.2, 0) is 4.79 Å². The number of halogens is 1. The highest BCUT2D eigenvalue weighted by Gasteiger charge is 2.18. The minimum absolute atomic E-state index is 0.0946. The molecule has 1 aromatic rings.